The van der Waals surface area contributed by atoms with Crippen LogP contribution in [0.3, 0.4) is 0 Å². The van der Waals surface area contributed by atoms with Crippen molar-refractivity contribution < 1.29 is 13.2 Å². The van der Waals surface area contributed by atoms with E-state index in [1.54, 1.807) is 40.0 Å². The first kappa shape index (κ1) is 14.9. The van der Waals surface area contributed by atoms with Crippen molar-refractivity contribution in [3.05, 3.63) is 23.3 Å². The van der Waals surface area contributed by atoms with Crippen LogP contribution in [0.5, 0.6) is 5.75 Å². The lowest BCUT2D eigenvalue weighted by atomic mass is 10.1. The predicted molar refractivity (Wildman–Crippen MR) is 71.3 cm³/mol. The molecule has 0 heterocycles. The summed E-state index contributed by atoms with van der Waals surface area (Å²) in [5.74, 6) is 0.649. The Labute approximate surface area is 108 Å². The van der Waals surface area contributed by atoms with Gasteiger partial charge in [0.15, 0.2) is 0 Å². The molecular weight excluding hydrogens is 252 g/mol. The summed E-state index contributed by atoms with van der Waals surface area (Å²) in [4.78, 5) is 0.295. The van der Waals surface area contributed by atoms with Crippen molar-refractivity contribution in [1.29, 1.82) is 0 Å². The maximum absolute atomic E-state index is 12.2. The molecule has 6 heteroatoms. The Morgan fingerprint density at radius 1 is 1.33 bits per heavy atom. The van der Waals surface area contributed by atoms with Crippen LogP contribution in [0.2, 0.25) is 0 Å². The molecule has 0 spiro atoms. The fraction of sp³-hybridized carbons (Fsp3) is 0.500. The molecule has 0 aliphatic rings. The van der Waals surface area contributed by atoms with Gasteiger partial charge in [0.2, 0.25) is 10.0 Å². The van der Waals surface area contributed by atoms with Crippen LogP contribution in [-0.4, -0.2) is 28.1 Å². The summed E-state index contributed by atoms with van der Waals surface area (Å²) >= 11 is 0. The van der Waals surface area contributed by atoms with Gasteiger partial charge in [-0.1, -0.05) is 0 Å². The fourth-order valence-electron chi connectivity index (χ4n) is 1.82. The largest absolute Gasteiger partial charge is 0.497 e. The number of hydrogen-bond acceptors (Lipinski definition) is 4. The minimum Gasteiger partial charge on any atom is -0.497 e. The van der Waals surface area contributed by atoms with Gasteiger partial charge in [0.05, 0.1) is 12.0 Å². The van der Waals surface area contributed by atoms with E-state index in [4.69, 9.17) is 10.5 Å². The molecule has 1 unspecified atom stereocenters. The van der Waals surface area contributed by atoms with Gasteiger partial charge >= 0.3 is 0 Å². The summed E-state index contributed by atoms with van der Waals surface area (Å²) in [7, 11) is -1.99. The van der Waals surface area contributed by atoms with Crippen molar-refractivity contribution in [2.75, 3.05) is 13.7 Å². The van der Waals surface area contributed by atoms with Gasteiger partial charge in [0, 0.05) is 12.6 Å². The molecule has 102 valence electrons. The molecule has 0 aliphatic carbocycles. The Bertz CT molecular complexity index is 503. The molecule has 5 nitrogen and oxygen atoms in total. The van der Waals surface area contributed by atoms with Gasteiger partial charge in [-0.15, -0.1) is 0 Å². The first-order valence-electron chi connectivity index (χ1n) is 5.69. The number of sulfonamides is 1. The van der Waals surface area contributed by atoms with E-state index in [2.05, 4.69) is 4.72 Å². The van der Waals surface area contributed by atoms with E-state index in [0.29, 0.717) is 21.8 Å². The third-order valence-electron chi connectivity index (χ3n) is 2.65. The Morgan fingerprint density at radius 2 is 1.83 bits per heavy atom. The third kappa shape index (κ3) is 3.22. The summed E-state index contributed by atoms with van der Waals surface area (Å²) in [5, 5.41) is 0. The van der Waals surface area contributed by atoms with E-state index < -0.39 is 10.0 Å². The topological polar surface area (TPSA) is 81.4 Å². The number of nitrogens with two attached hydrogens (primary N) is 1. The van der Waals surface area contributed by atoms with E-state index in [-0.39, 0.29) is 12.6 Å². The molecule has 0 bridgehead atoms. The highest BCUT2D eigenvalue weighted by Crippen LogP contribution is 2.25. The van der Waals surface area contributed by atoms with E-state index in [9.17, 15) is 8.42 Å². The van der Waals surface area contributed by atoms with E-state index >= 15 is 0 Å². The third-order valence-corrected chi connectivity index (χ3v) is 4.54. The quantitative estimate of drug-likeness (QED) is 0.835. The van der Waals surface area contributed by atoms with Gasteiger partial charge in [-0.25, -0.2) is 13.1 Å². The number of aryl methyl sites for hydroxylation is 2. The lowest BCUT2D eigenvalue weighted by molar-refractivity contribution is 0.413. The summed E-state index contributed by atoms with van der Waals surface area (Å²) in [6.45, 7) is 5.48. The normalized spacial score (nSPS) is 13.4. The van der Waals surface area contributed by atoms with Crippen LogP contribution in [0, 0.1) is 13.8 Å². The number of methoxy groups -OCH3 is 1. The highest BCUT2D eigenvalue weighted by Gasteiger charge is 2.21. The maximum Gasteiger partial charge on any atom is 0.241 e. The van der Waals surface area contributed by atoms with Crippen molar-refractivity contribution in [2.24, 2.45) is 5.73 Å². The van der Waals surface area contributed by atoms with Gasteiger partial charge in [-0.05, 0) is 44.0 Å². The van der Waals surface area contributed by atoms with Crippen LogP contribution >= 0.6 is 0 Å². The summed E-state index contributed by atoms with van der Waals surface area (Å²) in [6.07, 6.45) is 0. The van der Waals surface area contributed by atoms with Crippen molar-refractivity contribution >= 4 is 10.0 Å². The van der Waals surface area contributed by atoms with Crippen LogP contribution in [-0.2, 0) is 10.0 Å². The Hall–Kier alpha value is -1.11. The van der Waals surface area contributed by atoms with Crippen LogP contribution in [0.1, 0.15) is 18.1 Å². The first-order valence-corrected chi connectivity index (χ1v) is 7.17. The highest BCUT2D eigenvalue weighted by atomic mass is 32.2. The highest BCUT2D eigenvalue weighted by molar-refractivity contribution is 7.89. The monoisotopic (exact) mass is 272 g/mol. The molecule has 0 saturated heterocycles. The molecule has 3 N–H and O–H groups in total. The average Bonchev–Trinajstić information content (AvgIpc) is 2.26. The Balaban J connectivity index is 3.25. The molecule has 1 aromatic rings. The smallest absolute Gasteiger partial charge is 0.241 e. The fourth-order valence-corrected chi connectivity index (χ4v) is 3.53. The van der Waals surface area contributed by atoms with E-state index in [1.807, 2.05) is 0 Å². The molecule has 0 aromatic heterocycles. The molecule has 18 heavy (non-hydrogen) atoms. The molecule has 0 fully saturated rings. The van der Waals surface area contributed by atoms with Crippen LogP contribution in [0.15, 0.2) is 17.0 Å². The second-order valence-corrected chi connectivity index (χ2v) is 6.00. The molecular formula is C12H20N2O3S. The predicted octanol–water partition coefficient (Wildman–Crippen LogP) is 0.938. The first-order chi connectivity index (χ1) is 8.31. The molecule has 0 aliphatic heterocycles. The number of ether oxygens (including phenoxy) is 1. The zero-order chi connectivity index (χ0) is 13.9. The van der Waals surface area contributed by atoms with E-state index in [1.165, 1.54) is 0 Å². The molecule has 0 saturated carbocycles. The van der Waals surface area contributed by atoms with Crippen LogP contribution in [0.25, 0.3) is 0 Å². The molecule has 1 aromatic carbocycles. The SMILES string of the molecule is COc1cc(C)c(S(=O)(=O)NC(C)CN)c(C)c1. The van der Waals surface area contributed by atoms with Crippen molar-refractivity contribution in [1.82, 2.24) is 4.72 Å². The number of benzene rings is 1. The molecule has 0 radical (unpaired) electrons. The van der Waals surface area contributed by atoms with Gasteiger partial charge in [0.25, 0.3) is 0 Å². The average molecular weight is 272 g/mol. The van der Waals surface area contributed by atoms with Gasteiger partial charge in [-0.2, -0.15) is 0 Å². The molecule has 1 atom stereocenters. The number of hydrogen-bond donors (Lipinski definition) is 2. The summed E-state index contributed by atoms with van der Waals surface area (Å²) in [6, 6.07) is 3.11. The van der Waals surface area contributed by atoms with Crippen LogP contribution in [0.4, 0.5) is 0 Å². The van der Waals surface area contributed by atoms with Gasteiger partial charge in [-0.3, -0.25) is 0 Å². The summed E-state index contributed by atoms with van der Waals surface area (Å²) in [5.41, 5.74) is 6.74. The molecule has 0 amide bonds. The zero-order valence-electron chi connectivity index (χ0n) is 11.1. The van der Waals surface area contributed by atoms with Crippen LogP contribution < -0.4 is 15.2 Å². The number of rotatable bonds is 5. The standard InChI is InChI=1S/C12H20N2O3S/c1-8-5-11(17-4)6-9(2)12(8)18(15,16)14-10(3)7-13/h5-6,10,14H,7,13H2,1-4H3. The summed E-state index contributed by atoms with van der Waals surface area (Å²) < 4.78 is 32.1. The van der Waals surface area contributed by atoms with E-state index in [0.717, 1.165) is 0 Å². The number of nitrogens with one attached hydrogen (secondary N) is 1. The maximum atomic E-state index is 12.2. The van der Waals surface area contributed by atoms with Crippen molar-refractivity contribution in [2.45, 2.75) is 31.7 Å². The van der Waals surface area contributed by atoms with Crippen molar-refractivity contribution in [3.63, 3.8) is 0 Å². The lowest BCUT2D eigenvalue weighted by Gasteiger charge is -2.16. The lowest BCUT2D eigenvalue weighted by Crippen LogP contribution is -2.38. The second-order valence-electron chi connectivity index (χ2n) is 4.35. The zero-order valence-corrected chi connectivity index (χ0v) is 12.0. The van der Waals surface area contributed by atoms with Crippen molar-refractivity contribution in [3.8, 4) is 5.75 Å². The Kier molecular flexibility index (Phi) is 4.72. The minimum absolute atomic E-state index is 0.257. The second kappa shape index (κ2) is 5.69. The van der Waals surface area contributed by atoms with Gasteiger partial charge in [0.1, 0.15) is 5.75 Å². The Morgan fingerprint density at radius 3 is 2.22 bits per heavy atom. The van der Waals surface area contributed by atoms with Gasteiger partial charge < -0.3 is 10.5 Å². The molecule has 1 rings (SSSR count). The minimum atomic E-state index is -3.54.